The summed E-state index contributed by atoms with van der Waals surface area (Å²) in [6.45, 7) is 1.99. The molecule has 154 valence electrons. The fourth-order valence-corrected chi connectivity index (χ4v) is 5.95. The Kier molecular flexibility index (Phi) is 4.60. The monoisotopic (exact) mass is 424 g/mol. The lowest BCUT2D eigenvalue weighted by Crippen LogP contribution is -2.38. The molecule has 2 aromatic carbocycles. The average molecular weight is 424 g/mol. The Morgan fingerprint density at radius 3 is 2.10 bits per heavy atom. The van der Waals surface area contributed by atoms with Gasteiger partial charge in [-0.25, -0.2) is 13.2 Å². The number of halogens is 3. The third kappa shape index (κ3) is 3.48. The standard InChI is InChI=1S/C20H19F3N2O3S/c1-2-13-6-8-15(9-7-13)24-17-11-29(27,28)12-18(17)25(19(24)26)16-5-3-4-14(10-16)20(21,22)23/h3-10,17-18H,2,11-12H2,1H3. The largest absolute Gasteiger partial charge is 0.416 e. The lowest BCUT2D eigenvalue weighted by atomic mass is 10.1. The van der Waals surface area contributed by atoms with Crippen LogP contribution in [0.3, 0.4) is 0 Å². The van der Waals surface area contributed by atoms with Crippen LogP contribution in [0.4, 0.5) is 29.3 Å². The Morgan fingerprint density at radius 1 is 0.966 bits per heavy atom. The molecule has 9 heteroatoms. The summed E-state index contributed by atoms with van der Waals surface area (Å²) in [5.74, 6) is -0.488. The van der Waals surface area contributed by atoms with Crippen LogP contribution in [0.1, 0.15) is 18.1 Å². The predicted octanol–water partition coefficient (Wildman–Crippen LogP) is 3.88. The molecule has 0 N–H and O–H groups in total. The molecule has 2 atom stereocenters. The van der Waals surface area contributed by atoms with Crippen molar-refractivity contribution in [2.75, 3.05) is 21.3 Å². The number of benzene rings is 2. The highest BCUT2D eigenvalue weighted by Gasteiger charge is 2.54. The van der Waals surface area contributed by atoms with Gasteiger partial charge in [-0.05, 0) is 42.3 Å². The van der Waals surface area contributed by atoms with Crippen LogP contribution in [0.25, 0.3) is 0 Å². The van der Waals surface area contributed by atoms with Gasteiger partial charge in [0.15, 0.2) is 9.84 Å². The van der Waals surface area contributed by atoms with Crippen molar-refractivity contribution in [2.24, 2.45) is 0 Å². The van der Waals surface area contributed by atoms with Crippen LogP contribution < -0.4 is 9.80 Å². The summed E-state index contributed by atoms with van der Waals surface area (Å²) in [5, 5.41) is 0. The minimum absolute atomic E-state index is 0.0459. The van der Waals surface area contributed by atoms with Crippen LogP contribution in [-0.4, -0.2) is 38.0 Å². The number of carbonyl (C=O) groups is 1. The van der Waals surface area contributed by atoms with Crippen molar-refractivity contribution in [3.05, 3.63) is 59.7 Å². The molecule has 2 fully saturated rings. The Morgan fingerprint density at radius 2 is 1.55 bits per heavy atom. The van der Waals surface area contributed by atoms with Gasteiger partial charge in [-0.2, -0.15) is 13.2 Å². The zero-order valence-electron chi connectivity index (χ0n) is 15.6. The molecule has 2 aliphatic rings. The first-order chi connectivity index (χ1) is 13.6. The number of anilines is 2. The smallest absolute Gasteiger partial charge is 0.288 e. The van der Waals surface area contributed by atoms with Crippen molar-refractivity contribution in [2.45, 2.75) is 31.6 Å². The van der Waals surface area contributed by atoms with Gasteiger partial charge in [0, 0.05) is 11.4 Å². The number of fused-ring (bicyclic) bond motifs is 1. The maximum absolute atomic E-state index is 13.2. The topological polar surface area (TPSA) is 57.7 Å². The van der Waals surface area contributed by atoms with Crippen LogP contribution >= 0.6 is 0 Å². The molecule has 2 amide bonds. The van der Waals surface area contributed by atoms with E-state index in [2.05, 4.69) is 0 Å². The van der Waals surface area contributed by atoms with E-state index in [9.17, 15) is 26.4 Å². The van der Waals surface area contributed by atoms with E-state index in [-0.39, 0.29) is 17.2 Å². The van der Waals surface area contributed by atoms with Crippen molar-refractivity contribution in [1.29, 1.82) is 0 Å². The van der Waals surface area contributed by atoms with Gasteiger partial charge in [-0.1, -0.05) is 25.1 Å². The van der Waals surface area contributed by atoms with Crippen molar-refractivity contribution in [3.8, 4) is 0 Å². The van der Waals surface area contributed by atoms with Gasteiger partial charge in [-0.3, -0.25) is 9.80 Å². The maximum Gasteiger partial charge on any atom is 0.416 e. The molecule has 2 aromatic rings. The number of hydrogen-bond donors (Lipinski definition) is 0. The first kappa shape index (κ1) is 19.8. The number of hydrogen-bond acceptors (Lipinski definition) is 3. The number of rotatable bonds is 3. The van der Waals surface area contributed by atoms with Crippen LogP contribution in [0, 0.1) is 0 Å². The van der Waals surface area contributed by atoms with Crippen LogP contribution in [0.5, 0.6) is 0 Å². The van der Waals surface area contributed by atoms with E-state index >= 15 is 0 Å². The Labute approximate surface area is 166 Å². The molecule has 0 saturated carbocycles. The molecule has 2 heterocycles. The molecule has 4 rings (SSSR count). The van der Waals surface area contributed by atoms with Crippen molar-refractivity contribution in [1.82, 2.24) is 0 Å². The second kappa shape index (κ2) is 6.76. The van der Waals surface area contributed by atoms with Gasteiger partial charge in [-0.15, -0.1) is 0 Å². The lowest BCUT2D eigenvalue weighted by molar-refractivity contribution is -0.137. The minimum atomic E-state index is -4.56. The number of amides is 2. The molecule has 5 nitrogen and oxygen atoms in total. The number of aryl methyl sites for hydroxylation is 1. The number of sulfone groups is 1. The van der Waals surface area contributed by atoms with E-state index in [0.29, 0.717) is 5.69 Å². The van der Waals surface area contributed by atoms with Gasteiger partial charge in [0.25, 0.3) is 0 Å². The van der Waals surface area contributed by atoms with Gasteiger partial charge in [0.05, 0.1) is 29.2 Å². The quantitative estimate of drug-likeness (QED) is 0.703. The van der Waals surface area contributed by atoms with Crippen molar-refractivity contribution in [3.63, 3.8) is 0 Å². The number of alkyl halides is 3. The fraction of sp³-hybridized carbons (Fsp3) is 0.350. The van der Waals surface area contributed by atoms with E-state index in [0.717, 1.165) is 24.1 Å². The lowest BCUT2D eigenvalue weighted by Gasteiger charge is -2.23. The summed E-state index contributed by atoms with van der Waals surface area (Å²) in [5.41, 5.74) is 0.759. The third-order valence-corrected chi connectivity index (χ3v) is 7.14. The second-order valence-electron chi connectivity index (χ2n) is 7.30. The molecule has 0 aromatic heterocycles. The molecule has 0 radical (unpaired) electrons. The highest BCUT2D eigenvalue weighted by Crippen LogP contribution is 2.39. The second-order valence-corrected chi connectivity index (χ2v) is 9.46. The van der Waals surface area contributed by atoms with Crippen LogP contribution in [0.15, 0.2) is 48.5 Å². The van der Waals surface area contributed by atoms with Gasteiger partial charge in [0.1, 0.15) is 0 Å². The molecule has 0 spiro atoms. The average Bonchev–Trinajstić information content (AvgIpc) is 3.09. The highest BCUT2D eigenvalue weighted by atomic mass is 32.2. The molecule has 2 unspecified atom stereocenters. The Bertz CT molecular complexity index is 1050. The molecule has 0 bridgehead atoms. The van der Waals surface area contributed by atoms with Crippen LogP contribution in [0.2, 0.25) is 0 Å². The molecular weight excluding hydrogens is 405 g/mol. The van der Waals surface area contributed by atoms with E-state index in [1.54, 1.807) is 12.1 Å². The third-order valence-electron chi connectivity index (χ3n) is 5.44. The van der Waals surface area contributed by atoms with E-state index in [1.807, 2.05) is 19.1 Å². The summed E-state index contributed by atoms with van der Waals surface area (Å²) in [6.07, 6.45) is -3.75. The zero-order valence-corrected chi connectivity index (χ0v) is 16.4. The first-order valence-corrected chi connectivity index (χ1v) is 11.0. The highest BCUT2D eigenvalue weighted by molar-refractivity contribution is 7.91. The van der Waals surface area contributed by atoms with E-state index in [1.165, 1.54) is 21.9 Å². The minimum Gasteiger partial charge on any atom is -0.288 e. The van der Waals surface area contributed by atoms with Crippen molar-refractivity contribution >= 4 is 27.2 Å². The van der Waals surface area contributed by atoms with Gasteiger partial charge < -0.3 is 0 Å². The van der Waals surface area contributed by atoms with Gasteiger partial charge in [0.2, 0.25) is 0 Å². The summed E-state index contributed by atoms with van der Waals surface area (Å²) in [6, 6.07) is 9.75. The Balaban J connectivity index is 1.78. The normalized spacial score (nSPS) is 23.5. The molecular formula is C20H19F3N2O3S. The summed E-state index contributed by atoms with van der Waals surface area (Å²) in [7, 11) is -3.42. The maximum atomic E-state index is 13.2. The Hall–Kier alpha value is -2.55. The van der Waals surface area contributed by atoms with E-state index in [4.69, 9.17) is 0 Å². The molecule has 2 saturated heterocycles. The predicted molar refractivity (Wildman–Crippen MR) is 104 cm³/mol. The van der Waals surface area contributed by atoms with Gasteiger partial charge >= 0.3 is 12.2 Å². The summed E-state index contributed by atoms with van der Waals surface area (Å²) >= 11 is 0. The van der Waals surface area contributed by atoms with Crippen LogP contribution in [-0.2, 0) is 22.4 Å². The molecule has 0 aliphatic carbocycles. The molecule has 2 aliphatic heterocycles. The summed E-state index contributed by atoms with van der Waals surface area (Å²) < 4.78 is 64.0. The zero-order chi connectivity index (χ0) is 21.0. The van der Waals surface area contributed by atoms with Crippen molar-refractivity contribution < 1.29 is 26.4 Å². The van der Waals surface area contributed by atoms with E-state index < -0.39 is 39.7 Å². The fourth-order valence-electron chi connectivity index (χ4n) is 4.03. The number of carbonyl (C=O) groups excluding carboxylic acids is 1. The number of urea groups is 1. The number of nitrogens with zero attached hydrogens (tertiary/aromatic N) is 2. The SMILES string of the molecule is CCc1ccc(N2C(=O)N(c3cccc(C(F)(F)F)c3)C3CS(=O)(=O)CC32)cc1. The summed E-state index contributed by atoms with van der Waals surface area (Å²) in [4.78, 5) is 15.8. The molecule has 29 heavy (non-hydrogen) atoms. The first-order valence-electron chi connectivity index (χ1n) is 9.20.